The highest BCUT2D eigenvalue weighted by atomic mass is 16.3. The maximum Gasteiger partial charge on any atom is 0.130 e. The number of aromatic nitrogens is 1. The largest absolute Gasteiger partial charge is 0.393 e. The fourth-order valence-corrected chi connectivity index (χ4v) is 1.98. The average molecular weight is 207 g/mol. The van der Waals surface area contributed by atoms with Crippen molar-refractivity contribution >= 4 is 11.6 Å². The van der Waals surface area contributed by atoms with E-state index in [-0.39, 0.29) is 6.10 Å². The van der Waals surface area contributed by atoms with E-state index >= 15 is 0 Å². The van der Waals surface area contributed by atoms with Crippen LogP contribution in [0.2, 0.25) is 0 Å². The van der Waals surface area contributed by atoms with Crippen molar-refractivity contribution in [3.05, 3.63) is 18.2 Å². The second kappa shape index (κ2) is 4.06. The van der Waals surface area contributed by atoms with E-state index in [0.717, 1.165) is 25.2 Å². The Balaban J connectivity index is 1.93. The van der Waals surface area contributed by atoms with Crippen LogP contribution < -0.4 is 10.6 Å². The zero-order valence-corrected chi connectivity index (χ0v) is 8.93. The Hall–Kier alpha value is -1.29. The Kier molecular flexibility index (Phi) is 2.77. The molecule has 3 N–H and O–H groups in total. The highest BCUT2D eigenvalue weighted by Crippen LogP contribution is 2.28. The maximum atomic E-state index is 9.19. The molecule has 1 fully saturated rings. The molecule has 1 aromatic rings. The van der Waals surface area contributed by atoms with Gasteiger partial charge < -0.3 is 15.7 Å². The minimum absolute atomic E-state index is 0.0859. The molecule has 0 saturated heterocycles. The number of pyridine rings is 1. The van der Waals surface area contributed by atoms with Gasteiger partial charge in [-0.3, -0.25) is 0 Å². The van der Waals surface area contributed by atoms with Crippen molar-refractivity contribution in [2.75, 3.05) is 24.2 Å². The lowest BCUT2D eigenvalue weighted by Gasteiger charge is -2.34. The summed E-state index contributed by atoms with van der Waals surface area (Å²) < 4.78 is 0. The minimum Gasteiger partial charge on any atom is -0.393 e. The molecule has 0 aromatic carbocycles. The van der Waals surface area contributed by atoms with Crippen molar-refractivity contribution < 1.29 is 5.11 Å². The number of nitrogen functional groups attached to an aromatic ring is 1. The van der Waals surface area contributed by atoms with Gasteiger partial charge in [-0.2, -0.15) is 0 Å². The first-order valence-corrected chi connectivity index (χ1v) is 5.27. The van der Waals surface area contributed by atoms with Gasteiger partial charge in [0.1, 0.15) is 11.6 Å². The number of nitrogens with two attached hydrogens (primary N) is 1. The Morgan fingerprint density at radius 3 is 2.87 bits per heavy atom. The van der Waals surface area contributed by atoms with Gasteiger partial charge in [0.2, 0.25) is 0 Å². The Labute approximate surface area is 89.7 Å². The van der Waals surface area contributed by atoms with Crippen LogP contribution in [0.4, 0.5) is 11.6 Å². The lowest BCUT2D eigenvalue weighted by atomic mass is 9.82. The zero-order valence-electron chi connectivity index (χ0n) is 8.93. The molecule has 0 spiro atoms. The number of hydrogen-bond acceptors (Lipinski definition) is 4. The van der Waals surface area contributed by atoms with Gasteiger partial charge in [0.25, 0.3) is 0 Å². The molecular formula is C11H17N3O. The molecule has 4 heteroatoms. The molecule has 0 amide bonds. The van der Waals surface area contributed by atoms with E-state index < -0.39 is 0 Å². The molecule has 1 heterocycles. The second-order valence-electron chi connectivity index (χ2n) is 4.29. The highest BCUT2D eigenvalue weighted by Gasteiger charge is 2.28. The van der Waals surface area contributed by atoms with E-state index in [2.05, 4.69) is 9.88 Å². The third-order valence-electron chi connectivity index (χ3n) is 2.89. The highest BCUT2D eigenvalue weighted by molar-refractivity contribution is 5.44. The molecule has 4 nitrogen and oxygen atoms in total. The molecule has 0 aliphatic heterocycles. The van der Waals surface area contributed by atoms with Gasteiger partial charge in [0.05, 0.1) is 6.10 Å². The molecule has 1 aromatic heterocycles. The molecule has 0 unspecified atom stereocenters. The van der Waals surface area contributed by atoms with Crippen LogP contribution in [0.3, 0.4) is 0 Å². The van der Waals surface area contributed by atoms with Crippen molar-refractivity contribution in [1.82, 2.24) is 4.98 Å². The van der Waals surface area contributed by atoms with Crippen LogP contribution in [0.25, 0.3) is 0 Å². The van der Waals surface area contributed by atoms with Crippen molar-refractivity contribution in [2.45, 2.75) is 18.9 Å². The Bertz CT molecular complexity index is 336. The van der Waals surface area contributed by atoms with Crippen LogP contribution in [-0.2, 0) is 0 Å². The third kappa shape index (κ3) is 2.39. The van der Waals surface area contributed by atoms with E-state index in [9.17, 15) is 5.11 Å². The number of nitrogens with zero attached hydrogens (tertiary/aromatic N) is 2. The Morgan fingerprint density at radius 2 is 2.27 bits per heavy atom. The van der Waals surface area contributed by atoms with E-state index in [1.165, 1.54) is 0 Å². The van der Waals surface area contributed by atoms with Crippen LogP contribution in [0.1, 0.15) is 12.8 Å². The molecule has 15 heavy (non-hydrogen) atoms. The summed E-state index contributed by atoms with van der Waals surface area (Å²) in [6.07, 6.45) is 1.73. The summed E-state index contributed by atoms with van der Waals surface area (Å²) in [4.78, 5) is 6.33. The predicted octanol–water partition coefficient (Wildman–Crippen LogP) is 0.871. The first-order valence-electron chi connectivity index (χ1n) is 5.27. The smallest absolute Gasteiger partial charge is 0.130 e. The van der Waals surface area contributed by atoms with Gasteiger partial charge in [0, 0.05) is 13.6 Å². The summed E-state index contributed by atoms with van der Waals surface area (Å²) in [6.45, 7) is 0.938. The fourth-order valence-electron chi connectivity index (χ4n) is 1.98. The van der Waals surface area contributed by atoms with Crippen molar-refractivity contribution in [2.24, 2.45) is 5.92 Å². The molecule has 0 bridgehead atoms. The minimum atomic E-state index is -0.0859. The lowest BCUT2D eigenvalue weighted by Crippen LogP contribution is -2.37. The zero-order chi connectivity index (χ0) is 10.8. The van der Waals surface area contributed by atoms with Crippen LogP contribution in [0, 0.1) is 5.92 Å². The molecule has 2 rings (SSSR count). The van der Waals surface area contributed by atoms with Crippen molar-refractivity contribution in [3.8, 4) is 0 Å². The van der Waals surface area contributed by atoms with Gasteiger partial charge in [-0.1, -0.05) is 6.07 Å². The summed E-state index contributed by atoms with van der Waals surface area (Å²) in [5, 5.41) is 9.19. The second-order valence-corrected chi connectivity index (χ2v) is 4.29. The quantitative estimate of drug-likeness (QED) is 0.772. The van der Waals surface area contributed by atoms with Gasteiger partial charge in [-0.25, -0.2) is 4.98 Å². The molecule has 1 aliphatic rings. The van der Waals surface area contributed by atoms with Crippen molar-refractivity contribution in [3.63, 3.8) is 0 Å². The average Bonchev–Trinajstić information content (AvgIpc) is 2.15. The Morgan fingerprint density at radius 1 is 1.53 bits per heavy atom. The first-order chi connectivity index (χ1) is 7.15. The van der Waals surface area contributed by atoms with E-state index in [1.54, 1.807) is 6.07 Å². The first kappa shape index (κ1) is 10.2. The van der Waals surface area contributed by atoms with Gasteiger partial charge >= 0.3 is 0 Å². The fraction of sp³-hybridized carbons (Fsp3) is 0.545. The number of hydrogen-bond donors (Lipinski definition) is 2. The molecule has 0 radical (unpaired) electrons. The summed E-state index contributed by atoms with van der Waals surface area (Å²) in [7, 11) is 2.01. The van der Waals surface area contributed by atoms with Gasteiger partial charge in [-0.05, 0) is 30.9 Å². The molecule has 1 saturated carbocycles. The summed E-state index contributed by atoms with van der Waals surface area (Å²) >= 11 is 0. The van der Waals surface area contributed by atoms with Crippen LogP contribution >= 0.6 is 0 Å². The lowest BCUT2D eigenvalue weighted by molar-refractivity contribution is 0.0464. The summed E-state index contributed by atoms with van der Waals surface area (Å²) in [5.41, 5.74) is 5.62. The molecule has 82 valence electrons. The molecule has 1 aliphatic carbocycles. The van der Waals surface area contributed by atoms with E-state index in [0.29, 0.717) is 11.7 Å². The predicted molar refractivity (Wildman–Crippen MR) is 60.7 cm³/mol. The van der Waals surface area contributed by atoms with Gasteiger partial charge in [-0.15, -0.1) is 0 Å². The van der Waals surface area contributed by atoms with Crippen LogP contribution in [-0.4, -0.2) is 29.8 Å². The number of aliphatic hydroxyl groups is 1. The van der Waals surface area contributed by atoms with E-state index in [4.69, 9.17) is 5.73 Å². The van der Waals surface area contributed by atoms with Crippen molar-refractivity contribution in [1.29, 1.82) is 0 Å². The van der Waals surface area contributed by atoms with Crippen LogP contribution in [0.15, 0.2) is 18.2 Å². The molecule has 0 atom stereocenters. The SMILES string of the molecule is CN(CC1CC(O)C1)c1cccc(N)n1. The topological polar surface area (TPSA) is 62.4 Å². The number of anilines is 2. The number of aliphatic hydroxyl groups excluding tert-OH is 1. The standard InChI is InChI=1S/C11H17N3O/c1-14(7-8-5-9(15)6-8)11-4-2-3-10(12)13-11/h2-4,8-9,15H,5-7H2,1H3,(H2,12,13). The third-order valence-corrected chi connectivity index (χ3v) is 2.89. The normalized spacial score (nSPS) is 24.7. The monoisotopic (exact) mass is 207 g/mol. The van der Waals surface area contributed by atoms with E-state index in [1.807, 2.05) is 19.2 Å². The summed E-state index contributed by atoms with van der Waals surface area (Å²) in [5.74, 6) is 2.04. The van der Waals surface area contributed by atoms with Gasteiger partial charge in [0.15, 0.2) is 0 Å². The maximum absolute atomic E-state index is 9.19. The summed E-state index contributed by atoms with van der Waals surface area (Å²) in [6, 6.07) is 5.64. The van der Waals surface area contributed by atoms with Crippen LogP contribution in [0.5, 0.6) is 0 Å². The molecular weight excluding hydrogens is 190 g/mol. The number of rotatable bonds is 3.